The molecule has 2 aromatic carbocycles. The zero-order valence-electron chi connectivity index (χ0n) is 16.9. The van der Waals surface area contributed by atoms with E-state index in [1.807, 2.05) is 50.2 Å². The van der Waals surface area contributed by atoms with Crippen molar-refractivity contribution in [1.82, 2.24) is 15.1 Å². The molecule has 1 aliphatic heterocycles. The first-order valence-corrected chi connectivity index (χ1v) is 9.73. The Morgan fingerprint density at radius 1 is 1.21 bits per heavy atom. The van der Waals surface area contributed by atoms with Crippen LogP contribution >= 0.6 is 11.6 Å². The van der Waals surface area contributed by atoms with Gasteiger partial charge in [-0.15, -0.1) is 0 Å². The summed E-state index contributed by atoms with van der Waals surface area (Å²) in [6.45, 7) is 5.14. The molecule has 2 atom stereocenters. The van der Waals surface area contributed by atoms with Crippen LogP contribution in [-0.4, -0.2) is 41.2 Å². The summed E-state index contributed by atoms with van der Waals surface area (Å²) < 4.78 is 0. The highest BCUT2D eigenvalue weighted by Crippen LogP contribution is 2.29. The van der Waals surface area contributed by atoms with Crippen LogP contribution in [0.2, 0.25) is 5.02 Å². The summed E-state index contributed by atoms with van der Waals surface area (Å²) >= 11 is 6.04. The molecule has 7 heteroatoms. The van der Waals surface area contributed by atoms with Crippen LogP contribution in [0.5, 0.6) is 0 Å². The van der Waals surface area contributed by atoms with Crippen molar-refractivity contribution in [2.24, 2.45) is 0 Å². The number of benzene rings is 2. The fourth-order valence-electron chi connectivity index (χ4n) is 3.38. The topological polar surface area (TPSA) is 69.7 Å². The van der Waals surface area contributed by atoms with Crippen molar-refractivity contribution in [2.45, 2.75) is 32.4 Å². The lowest BCUT2D eigenvalue weighted by Crippen LogP contribution is -2.44. The number of carbonyl (C=O) groups is 3. The van der Waals surface area contributed by atoms with Crippen LogP contribution in [0, 0.1) is 6.92 Å². The molecule has 1 saturated heterocycles. The van der Waals surface area contributed by atoms with Crippen LogP contribution in [0.25, 0.3) is 0 Å². The third-order valence-corrected chi connectivity index (χ3v) is 5.74. The molecule has 0 radical (unpaired) electrons. The predicted molar refractivity (Wildman–Crippen MR) is 111 cm³/mol. The van der Waals surface area contributed by atoms with Gasteiger partial charge in [0.2, 0.25) is 5.91 Å². The molecule has 0 aromatic heterocycles. The molecular formula is C22H24ClN3O3. The molecule has 1 aliphatic rings. The summed E-state index contributed by atoms with van der Waals surface area (Å²) in [4.78, 5) is 40.8. The second-order valence-electron chi connectivity index (χ2n) is 7.55. The maximum absolute atomic E-state index is 13.0. The standard InChI is InChI=1S/C22H24ClN3O3/c1-14-8-10-17(11-9-14)22(3)20(28)26(21(29)24-22)13-19(27)25(4)15(2)16-6-5-7-18(23)12-16/h5-12,15H,13H2,1-4H3,(H,24,29). The molecule has 6 nitrogen and oxygen atoms in total. The molecule has 0 aliphatic carbocycles. The van der Waals surface area contributed by atoms with Crippen molar-refractivity contribution in [3.05, 3.63) is 70.2 Å². The normalized spacial score (nSPS) is 19.8. The number of nitrogens with zero attached hydrogens (tertiary/aromatic N) is 2. The van der Waals surface area contributed by atoms with Gasteiger partial charge in [-0.1, -0.05) is 53.6 Å². The lowest BCUT2D eigenvalue weighted by Gasteiger charge is -2.27. The molecule has 1 N–H and O–H groups in total. The number of rotatable bonds is 5. The van der Waals surface area contributed by atoms with Gasteiger partial charge in [-0.3, -0.25) is 14.5 Å². The zero-order valence-corrected chi connectivity index (χ0v) is 17.7. The highest BCUT2D eigenvalue weighted by molar-refractivity contribution is 6.30. The van der Waals surface area contributed by atoms with Crippen LogP contribution in [0.3, 0.4) is 0 Å². The summed E-state index contributed by atoms with van der Waals surface area (Å²) in [5.74, 6) is -0.780. The van der Waals surface area contributed by atoms with Gasteiger partial charge >= 0.3 is 6.03 Å². The van der Waals surface area contributed by atoms with Gasteiger partial charge in [-0.2, -0.15) is 0 Å². The molecule has 2 unspecified atom stereocenters. The number of hydrogen-bond acceptors (Lipinski definition) is 3. The summed E-state index contributed by atoms with van der Waals surface area (Å²) in [7, 11) is 1.64. The van der Waals surface area contributed by atoms with Crippen LogP contribution in [0.4, 0.5) is 4.79 Å². The molecule has 29 heavy (non-hydrogen) atoms. The van der Waals surface area contributed by atoms with Gasteiger partial charge in [0.15, 0.2) is 0 Å². The molecule has 0 saturated carbocycles. The van der Waals surface area contributed by atoms with E-state index in [0.717, 1.165) is 16.0 Å². The minimum Gasteiger partial charge on any atom is -0.337 e. The molecule has 0 spiro atoms. The molecule has 0 bridgehead atoms. The zero-order chi connectivity index (χ0) is 21.3. The fraction of sp³-hybridized carbons (Fsp3) is 0.318. The van der Waals surface area contributed by atoms with E-state index in [1.165, 1.54) is 4.90 Å². The molecule has 2 aromatic rings. The number of carbonyl (C=O) groups excluding carboxylic acids is 3. The minimum absolute atomic E-state index is 0.259. The average molecular weight is 414 g/mol. The van der Waals surface area contributed by atoms with Crippen LogP contribution in [0.15, 0.2) is 48.5 Å². The minimum atomic E-state index is -1.19. The lowest BCUT2D eigenvalue weighted by molar-refractivity contribution is -0.139. The van der Waals surface area contributed by atoms with Crippen molar-refractivity contribution in [2.75, 3.05) is 13.6 Å². The summed E-state index contributed by atoms with van der Waals surface area (Å²) in [6, 6.07) is 13.8. The van der Waals surface area contributed by atoms with Crippen molar-refractivity contribution in [3.63, 3.8) is 0 Å². The van der Waals surface area contributed by atoms with Crippen molar-refractivity contribution >= 4 is 29.4 Å². The van der Waals surface area contributed by atoms with Crippen molar-refractivity contribution in [1.29, 1.82) is 0 Å². The Labute approximate surface area is 175 Å². The number of nitrogens with one attached hydrogen (secondary N) is 1. The first kappa shape index (κ1) is 20.9. The van der Waals surface area contributed by atoms with E-state index in [2.05, 4.69) is 5.32 Å². The van der Waals surface area contributed by atoms with E-state index in [9.17, 15) is 14.4 Å². The number of hydrogen-bond donors (Lipinski definition) is 1. The number of urea groups is 1. The SMILES string of the molecule is Cc1ccc(C2(C)NC(=O)N(CC(=O)N(C)C(C)c3cccc(Cl)c3)C2=O)cc1. The van der Waals surface area contributed by atoms with E-state index in [4.69, 9.17) is 11.6 Å². The van der Waals surface area contributed by atoms with E-state index in [0.29, 0.717) is 10.6 Å². The summed E-state index contributed by atoms with van der Waals surface area (Å²) in [6.07, 6.45) is 0. The number of halogens is 1. The number of likely N-dealkylation sites (N-methyl/N-ethyl adjacent to an activating group) is 1. The van der Waals surface area contributed by atoms with Gasteiger partial charge in [-0.05, 0) is 44.0 Å². The van der Waals surface area contributed by atoms with Gasteiger partial charge in [0, 0.05) is 12.1 Å². The molecule has 1 fully saturated rings. The second kappa shape index (κ2) is 7.87. The third-order valence-electron chi connectivity index (χ3n) is 5.50. The molecule has 4 amide bonds. The summed E-state index contributed by atoms with van der Waals surface area (Å²) in [5.41, 5.74) is 1.41. The monoisotopic (exact) mass is 413 g/mol. The quantitative estimate of drug-likeness (QED) is 0.761. The van der Waals surface area contributed by atoms with Gasteiger partial charge in [0.25, 0.3) is 5.91 Å². The lowest BCUT2D eigenvalue weighted by atomic mass is 9.91. The van der Waals surface area contributed by atoms with Crippen molar-refractivity contribution < 1.29 is 14.4 Å². The van der Waals surface area contributed by atoms with Crippen LogP contribution < -0.4 is 5.32 Å². The molecule has 1 heterocycles. The van der Waals surface area contributed by atoms with Gasteiger partial charge < -0.3 is 10.2 Å². The van der Waals surface area contributed by atoms with Crippen LogP contribution in [-0.2, 0) is 15.1 Å². The predicted octanol–water partition coefficient (Wildman–Crippen LogP) is 3.64. The summed E-state index contributed by atoms with van der Waals surface area (Å²) in [5, 5.41) is 3.31. The van der Waals surface area contributed by atoms with Gasteiger partial charge in [0.05, 0.1) is 6.04 Å². The third kappa shape index (κ3) is 3.98. The first-order chi connectivity index (χ1) is 13.6. The van der Waals surface area contributed by atoms with E-state index in [-0.39, 0.29) is 18.5 Å². The smallest absolute Gasteiger partial charge is 0.325 e. The number of aryl methyl sites for hydroxylation is 1. The molecular weight excluding hydrogens is 390 g/mol. The Hall–Kier alpha value is -2.86. The van der Waals surface area contributed by atoms with E-state index in [1.54, 1.807) is 26.1 Å². The van der Waals surface area contributed by atoms with E-state index < -0.39 is 17.5 Å². The van der Waals surface area contributed by atoms with Gasteiger partial charge in [0.1, 0.15) is 12.1 Å². The Morgan fingerprint density at radius 3 is 2.48 bits per heavy atom. The van der Waals surface area contributed by atoms with Gasteiger partial charge in [-0.25, -0.2) is 4.79 Å². The highest BCUT2D eigenvalue weighted by atomic mass is 35.5. The maximum atomic E-state index is 13.0. The Morgan fingerprint density at radius 2 is 1.86 bits per heavy atom. The van der Waals surface area contributed by atoms with E-state index >= 15 is 0 Å². The van der Waals surface area contributed by atoms with Crippen molar-refractivity contribution in [3.8, 4) is 0 Å². The molecule has 152 valence electrons. The maximum Gasteiger partial charge on any atom is 0.325 e. The van der Waals surface area contributed by atoms with Crippen LogP contribution in [0.1, 0.15) is 36.6 Å². The Bertz CT molecular complexity index is 960. The highest BCUT2D eigenvalue weighted by Gasteiger charge is 2.49. The molecule has 3 rings (SSSR count). The largest absolute Gasteiger partial charge is 0.337 e. The number of amides is 4. The second-order valence-corrected chi connectivity index (χ2v) is 7.98. The Balaban J connectivity index is 1.75. The average Bonchev–Trinajstić information content (AvgIpc) is 2.91. The number of imide groups is 1. The fourth-order valence-corrected chi connectivity index (χ4v) is 3.57. The first-order valence-electron chi connectivity index (χ1n) is 9.36. The Kier molecular flexibility index (Phi) is 5.66.